The highest BCUT2D eigenvalue weighted by atomic mass is 16.5. The van der Waals surface area contributed by atoms with Crippen LogP contribution in [0.1, 0.15) is 24.2 Å². The number of benzene rings is 2. The number of rotatable bonds is 8. The van der Waals surface area contributed by atoms with E-state index in [-0.39, 0.29) is 0 Å². The van der Waals surface area contributed by atoms with Gasteiger partial charge in [-0.15, -0.1) is 0 Å². The van der Waals surface area contributed by atoms with Crippen LogP contribution in [0.3, 0.4) is 0 Å². The molecule has 4 rings (SSSR count). The second kappa shape index (κ2) is 9.92. The average Bonchev–Trinajstić information content (AvgIpc) is 3.26. The zero-order valence-corrected chi connectivity index (χ0v) is 18.1. The molecule has 0 aliphatic carbocycles. The molecule has 1 fully saturated rings. The number of methoxy groups -OCH3 is 1. The van der Waals surface area contributed by atoms with Gasteiger partial charge in [0.2, 0.25) is 0 Å². The molecule has 3 aromatic rings. The highest BCUT2D eigenvalue weighted by molar-refractivity contribution is 5.38. The number of hydrogen-bond donors (Lipinski definition) is 0. The molecule has 0 N–H and O–H groups in total. The third kappa shape index (κ3) is 5.10. The first-order chi connectivity index (χ1) is 14.7. The van der Waals surface area contributed by atoms with Crippen molar-refractivity contribution in [3.63, 3.8) is 0 Å². The van der Waals surface area contributed by atoms with E-state index in [1.165, 1.54) is 18.4 Å². The van der Waals surface area contributed by atoms with Gasteiger partial charge in [-0.3, -0.25) is 4.90 Å². The van der Waals surface area contributed by atoms with Crippen LogP contribution >= 0.6 is 0 Å². The molecule has 2 aromatic carbocycles. The molecule has 158 valence electrons. The highest BCUT2D eigenvalue weighted by Gasteiger charge is 2.24. The van der Waals surface area contributed by atoms with Gasteiger partial charge >= 0.3 is 0 Å². The molecule has 2 heterocycles. The van der Waals surface area contributed by atoms with Gasteiger partial charge in [0.05, 0.1) is 13.7 Å². The second-order valence-corrected chi connectivity index (χ2v) is 8.16. The standard InChI is InChI=1S/C25H32N4O/c1-27(17-14-21-7-4-3-5-8-21)23-9-6-16-28(19-23)20-25-26-15-18-29(25)22-10-12-24(30-2)13-11-22/h3-5,7-8,10-13,15,18,23H,6,9,14,16-17,19-20H2,1-2H3. The molecule has 1 saturated heterocycles. The molecule has 1 unspecified atom stereocenters. The lowest BCUT2D eigenvalue weighted by Crippen LogP contribution is -2.46. The number of nitrogens with zero attached hydrogens (tertiary/aromatic N) is 4. The lowest BCUT2D eigenvalue weighted by atomic mass is 10.0. The van der Waals surface area contributed by atoms with Gasteiger partial charge in [-0.1, -0.05) is 30.3 Å². The zero-order chi connectivity index (χ0) is 20.8. The Morgan fingerprint density at radius 1 is 1.10 bits per heavy atom. The lowest BCUT2D eigenvalue weighted by molar-refractivity contribution is 0.110. The van der Waals surface area contributed by atoms with Crippen LogP contribution in [0, 0.1) is 0 Å². The predicted octanol–water partition coefficient (Wildman–Crippen LogP) is 4.02. The Labute approximate surface area is 179 Å². The van der Waals surface area contributed by atoms with Gasteiger partial charge in [-0.2, -0.15) is 0 Å². The van der Waals surface area contributed by atoms with E-state index in [0.29, 0.717) is 6.04 Å². The van der Waals surface area contributed by atoms with Crippen molar-refractivity contribution >= 4 is 0 Å². The minimum atomic E-state index is 0.604. The van der Waals surface area contributed by atoms with Crippen molar-refractivity contribution < 1.29 is 4.74 Å². The van der Waals surface area contributed by atoms with E-state index in [2.05, 4.69) is 68.9 Å². The molecule has 0 radical (unpaired) electrons. The van der Waals surface area contributed by atoms with Gasteiger partial charge in [0.1, 0.15) is 11.6 Å². The average molecular weight is 405 g/mol. The Morgan fingerprint density at radius 3 is 2.67 bits per heavy atom. The Kier molecular flexibility index (Phi) is 6.82. The maximum atomic E-state index is 5.28. The molecular formula is C25H32N4O. The van der Waals surface area contributed by atoms with E-state index in [0.717, 1.165) is 49.9 Å². The number of aromatic nitrogens is 2. The largest absolute Gasteiger partial charge is 0.497 e. The molecule has 5 heteroatoms. The molecule has 1 aromatic heterocycles. The van der Waals surface area contributed by atoms with E-state index in [1.54, 1.807) is 7.11 Å². The van der Waals surface area contributed by atoms with E-state index in [4.69, 9.17) is 4.74 Å². The van der Waals surface area contributed by atoms with Gasteiger partial charge in [-0.25, -0.2) is 4.98 Å². The summed E-state index contributed by atoms with van der Waals surface area (Å²) >= 11 is 0. The maximum Gasteiger partial charge on any atom is 0.127 e. The van der Waals surface area contributed by atoms with Crippen LogP contribution in [-0.2, 0) is 13.0 Å². The van der Waals surface area contributed by atoms with E-state index in [9.17, 15) is 0 Å². The highest BCUT2D eigenvalue weighted by Crippen LogP contribution is 2.20. The van der Waals surface area contributed by atoms with Crippen LogP contribution in [0.2, 0.25) is 0 Å². The van der Waals surface area contributed by atoms with Crippen LogP contribution < -0.4 is 4.74 Å². The van der Waals surface area contributed by atoms with Crippen molar-refractivity contribution in [2.45, 2.75) is 31.8 Å². The van der Waals surface area contributed by atoms with Gasteiger partial charge in [0.25, 0.3) is 0 Å². The third-order valence-electron chi connectivity index (χ3n) is 6.13. The summed E-state index contributed by atoms with van der Waals surface area (Å²) in [4.78, 5) is 9.74. The number of ether oxygens (including phenoxy) is 1. The summed E-state index contributed by atoms with van der Waals surface area (Å²) in [6.45, 7) is 4.21. The van der Waals surface area contributed by atoms with Gasteiger partial charge in [-0.05, 0) is 62.7 Å². The van der Waals surface area contributed by atoms with Crippen molar-refractivity contribution in [3.8, 4) is 11.4 Å². The minimum Gasteiger partial charge on any atom is -0.497 e. The number of piperidine rings is 1. The maximum absolute atomic E-state index is 5.28. The molecule has 0 bridgehead atoms. The quantitative estimate of drug-likeness (QED) is 0.568. The zero-order valence-electron chi connectivity index (χ0n) is 18.1. The fourth-order valence-corrected chi connectivity index (χ4v) is 4.30. The molecule has 0 spiro atoms. The molecule has 1 aliphatic heterocycles. The minimum absolute atomic E-state index is 0.604. The SMILES string of the molecule is COc1ccc(-n2ccnc2CN2CCCC(N(C)CCc3ccccc3)C2)cc1. The number of likely N-dealkylation sites (tertiary alicyclic amines) is 1. The summed E-state index contributed by atoms with van der Waals surface area (Å²) in [6.07, 6.45) is 7.56. The van der Waals surface area contributed by atoms with Crippen molar-refractivity contribution in [2.75, 3.05) is 33.8 Å². The van der Waals surface area contributed by atoms with Gasteiger partial charge < -0.3 is 14.2 Å². The van der Waals surface area contributed by atoms with E-state index in [1.807, 2.05) is 24.5 Å². The first-order valence-corrected chi connectivity index (χ1v) is 10.9. The smallest absolute Gasteiger partial charge is 0.127 e. The van der Waals surface area contributed by atoms with Crippen LogP contribution in [0.25, 0.3) is 5.69 Å². The normalized spacial score (nSPS) is 17.4. The molecule has 0 saturated carbocycles. The number of hydrogen-bond acceptors (Lipinski definition) is 4. The van der Waals surface area contributed by atoms with Crippen molar-refractivity contribution in [1.29, 1.82) is 0 Å². The summed E-state index contributed by atoms with van der Waals surface area (Å²) in [5.41, 5.74) is 2.54. The summed E-state index contributed by atoms with van der Waals surface area (Å²) in [6, 6.07) is 19.6. The van der Waals surface area contributed by atoms with Crippen LogP contribution in [0.5, 0.6) is 5.75 Å². The first-order valence-electron chi connectivity index (χ1n) is 10.9. The van der Waals surface area contributed by atoms with Crippen LogP contribution in [0.4, 0.5) is 0 Å². The van der Waals surface area contributed by atoms with Crippen molar-refractivity contribution in [1.82, 2.24) is 19.4 Å². The fourth-order valence-electron chi connectivity index (χ4n) is 4.30. The molecular weight excluding hydrogens is 372 g/mol. The Bertz CT molecular complexity index is 906. The third-order valence-corrected chi connectivity index (χ3v) is 6.13. The molecule has 1 atom stereocenters. The van der Waals surface area contributed by atoms with Crippen molar-refractivity contribution in [3.05, 3.63) is 78.4 Å². The van der Waals surface area contributed by atoms with E-state index < -0.39 is 0 Å². The Hall–Kier alpha value is -2.63. The lowest BCUT2D eigenvalue weighted by Gasteiger charge is -2.37. The van der Waals surface area contributed by atoms with Crippen molar-refractivity contribution in [2.24, 2.45) is 0 Å². The topological polar surface area (TPSA) is 33.5 Å². The molecule has 1 aliphatic rings. The Balaban J connectivity index is 1.35. The first kappa shape index (κ1) is 20.6. The summed E-state index contributed by atoms with van der Waals surface area (Å²) < 4.78 is 7.47. The number of likely N-dealkylation sites (N-methyl/N-ethyl adjacent to an activating group) is 1. The molecule has 0 amide bonds. The van der Waals surface area contributed by atoms with Gasteiger partial charge in [0.15, 0.2) is 0 Å². The number of imidazole rings is 1. The fraction of sp³-hybridized carbons (Fsp3) is 0.400. The Morgan fingerprint density at radius 2 is 1.90 bits per heavy atom. The predicted molar refractivity (Wildman–Crippen MR) is 121 cm³/mol. The summed E-state index contributed by atoms with van der Waals surface area (Å²) in [7, 11) is 3.97. The van der Waals surface area contributed by atoms with Crippen LogP contribution in [-0.4, -0.2) is 59.2 Å². The summed E-state index contributed by atoms with van der Waals surface area (Å²) in [5.74, 6) is 1.96. The molecule has 5 nitrogen and oxygen atoms in total. The van der Waals surface area contributed by atoms with Crippen LogP contribution in [0.15, 0.2) is 67.0 Å². The summed E-state index contributed by atoms with van der Waals surface area (Å²) in [5, 5.41) is 0. The van der Waals surface area contributed by atoms with Gasteiger partial charge in [0, 0.05) is 37.2 Å². The van der Waals surface area contributed by atoms with E-state index >= 15 is 0 Å². The second-order valence-electron chi connectivity index (χ2n) is 8.16. The molecule has 30 heavy (non-hydrogen) atoms. The monoisotopic (exact) mass is 404 g/mol.